The van der Waals surface area contributed by atoms with Gasteiger partial charge in [0.25, 0.3) is 0 Å². The van der Waals surface area contributed by atoms with E-state index in [0.717, 1.165) is 31.5 Å². The van der Waals surface area contributed by atoms with Crippen molar-refractivity contribution in [2.75, 3.05) is 48.1 Å². The van der Waals surface area contributed by atoms with E-state index in [4.69, 9.17) is 17.7 Å². The molecule has 0 aliphatic rings. The zero-order chi connectivity index (χ0) is 24.1. The topological polar surface area (TPSA) is 74.3 Å². The van der Waals surface area contributed by atoms with Crippen LogP contribution in [0.2, 0.25) is 25.2 Å². The summed E-state index contributed by atoms with van der Waals surface area (Å²) in [4.78, 5) is 27.4. The predicted molar refractivity (Wildman–Crippen MR) is 130 cm³/mol. The van der Waals surface area contributed by atoms with E-state index >= 15 is 0 Å². The van der Waals surface area contributed by atoms with Crippen molar-refractivity contribution >= 4 is 28.7 Å². The minimum atomic E-state index is -2.11. The smallest absolute Gasteiger partial charge is 0.334 e. The highest BCUT2D eigenvalue weighted by Gasteiger charge is 2.30. The molecule has 0 saturated heterocycles. The highest BCUT2D eigenvalue weighted by Crippen LogP contribution is 2.19. The lowest BCUT2D eigenvalue weighted by Gasteiger charge is -2.27. The number of rotatable bonds is 19. The highest BCUT2D eigenvalue weighted by atomic mass is 28.4. The number of hydrogen-bond acceptors (Lipinski definition) is 7. The molecule has 2 unspecified atom stereocenters. The molecule has 7 nitrogen and oxygen atoms in total. The summed E-state index contributed by atoms with van der Waals surface area (Å²) in [6.45, 7) is 12.3. The number of ketones is 2. The molecule has 0 heterocycles. The molecule has 0 fully saturated rings. The van der Waals surface area contributed by atoms with Gasteiger partial charge in [0.1, 0.15) is 11.6 Å². The molecule has 2 atom stereocenters. The van der Waals surface area contributed by atoms with Crippen LogP contribution in [0, 0.1) is 11.8 Å². The van der Waals surface area contributed by atoms with Crippen LogP contribution in [0.5, 0.6) is 0 Å². The zero-order valence-corrected chi connectivity index (χ0v) is 23.4. The fraction of sp³-hybridized carbons (Fsp3) is 0.909. The SMILES string of the molecule is CCN(CC(C)C(=O)CCC[Si](C)(OC)OC)CC(C)C(=O)CCC[Si](C)(OC)OC. The van der Waals surface area contributed by atoms with Crippen LogP contribution in [-0.2, 0) is 27.3 Å². The number of nitrogens with zero attached hydrogens (tertiary/aromatic N) is 1. The van der Waals surface area contributed by atoms with Crippen molar-refractivity contribution in [3.63, 3.8) is 0 Å². The largest absolute Gasteiger partial charge is 0.398 e. The first-order valence-corrected chi connectivity index (χ1v) is 16.5. The van der Waals surface area contributed by atoms with Crippen LogP contribution < -0.4 is 0 Å². The Morgan fingerprint density at radius 2 is 1.06 bits per heavy atom. The molecule has 0 radical (unpaired) electrons. The summed E-state index contributed by atoms with van der Waals surface area (Å²) in [6, 6.07) is 1.63. The monoisotopic (exact) mass is 477 g/mol. The van der Waals surface area contributed by atoms with E-state index in [1.165, 1.54) is 0 Å². The van der Waals surface area contributed by atoms with Crippen molar-refractivity contribution in [2.24, 2.45) is 11.8 Å². The molecule has 0 aromatic heterocycles. The van der Waals surface area contributed by atoms with E-state index in [1.807, 2.05) is 26.9 Å². The van der Waals surface area contributed by atoms with Gasteiger partial charge in [0, 0.05) is 66.2 Å². The first kappa shape index (κ1) is 30.6. The quantitative estimate of drug-likeness (QED) is 0.260. The van der Waals surface area contributed by atoms with Gasteiger partial charge in [-0.25, -0.2) is 0 Å². The lowest BCUT2D eigenvalue weighted by atomic mass is 9.99. The summed E-state index contributed by atoms with van der Waals surface area (Å²) in [5.41, 5.74) is 0. The van der Waals surface area contributed by atoms with Crippen molar-refractivity contribution in [1.29, 1.82) is 0 Å². The Labute approximate surface area is 192 Å². The number of Topliss-reactive ketones (excluding diaryl/α,β-unsaturated/α-hetero) is 2. The molecule has 0 aromatic rings. The van der Waals surface area contributed by atoms with Gasteiger partial charge in [-0.1, -0.05) is 20.8 Å². The third-order valence-corrected chi connectivity index (χ3v) is 12.4. The minimum absolute atomic E-state index is 0.0459. The molecular weight excluding hydrogens is 430 g/mol. The third kappa shape index (κ3) is 11.8. The Morgan fingerprint density at radius 3 is 1.32 bits per heavy atom. The summed E-state index contributed by atoms with van der Waals surface area (Å²) in [7, 11) is 2.48. The molecule has 0 saturated carbocycles. The lowest BCUT2D eigenvalue weighted by Crippen LogP contribution is -2.38. The Kier molecular flexibility index (Phi) is 15.2. The zero-order valence-electron chi connectivity index (χ0n) is 21.4. The molecule has 0 spiro atoms. The van der Waals surface area contributed by atoms with Crippen LogP contribution in [0.25, 0.3) is 0 Å². The maximum absolute atomic E-state index is 12.6. The fourth-order valence-electron chi connectivity index (χ4n) is 3.55. The van der Waals surface area contributed by atoms with Crippen molar-refractivity contribution in [3.8, 4) is 0 Å². The second kappa shape index (κ2) is 15.4. The second-order valence-electron chi connectivity index (χ2n) is 8.88. The van der Waals surface area contributed by atoms with Crippen molar-refractivity contribution in [1.82, 2.24) is 4.90 Å². The van der Waals surface area contributed by atoms with E-state index < -0.39 is 17.1 Å². The second-order valence-corrected chi connectivity index (χ2v) is 16.0. The Hall–Kier alpha value is -0.426. The third-order valence-electron chi connectivity index (χ3n) is 6.45. The molecule has 184 valence electrons. The van der Waals surface area contributed by atoms with Gasteiger partial charge in [-0.2, -0.15) is 0 Å². The van der Waals surface area contributed by atoms with Crippen molar-refractivity contribution in [3.05, 3.63) is 0 Å². The van der Waals surface area contributed by atoms with Crippen LogP contribution in [0.4, 0.5) is 0 Å². The van der Waals surface area contributed by atoms with Crippen LogP contribution in [0.3, 0.4) is 0 Å². The summed E-state index contributed by atoms with van der Waals surface area (Å²) >= 11 is 0. The Morgan fingerprint density at radius 1 is 0.742 bits per heavy atom. The maximum Gasteiger partial charge on any atom is 0.334 e. The van der Waals surface area contributed by atoms with Gasteiger partial charge in [0.2, 0.25) is 0 Å². The van der Waals surface area contributed by atoms with Crippen molar-refractivity contribution in [2.45, 2.75) is 71.6 Å². The molecular formula is C22H47NO6Si2. The number of hydrogen-bond donors (Lipinski definition) is 0. The predicted octanol–water partition coefficient (Wildman–Crippen LogP) is 4.01. The lowest BCUT2D eigenvalue weighted by molar-refractivity contribution is -0.123. The summed E-state index contributed by atoms with van der Waals surface area (Å²) < 4.78 is 22.0. The van der Waals surface area contributed by atoms with Gasteiger partial charge >= 0.3 is 17.1 Å². The van der Waals surface area contributed by atoms with Crippen LogP contribution in [-0.4, -0.2) is 81.7 Å². The molecule has 0 aliphatic carbocycles. The van der Waals surface area contributed by atoms with Gasteiger partial charge in [-0.3, -0.25) is 9.59 Å². The minimum Gasteiger partial charge on any atom is -0.398 e. The van der Waals surface area contributed by atoms with E-state index in [-0.39, 0.29) is 23.4 Å². The van der Waals surface area contributed by atoms with E-state index in [1.54, 1.807) is 28.4 Å². The molecule has 0 aliphatic heterocycles. The standard InChI is InChI=1S/C22H47NO6Si2/c1-10-23(17-19(2)21(24)13-11-15-30(8,26-4)27-5)18-20(3)22(25)14-12-16-31(9,28-6)29-7/h19-20H,10-18H2,1-9H3. The molecule has 31 heavy (non-hydrogen) atoms. The molecule has 0 bridgehead atoms. The van der Waals surface area contributed by atoms with Gasteiger partial charge in [-0.15, -0.1) is 0 Å². The summed E-state index contributed by atoms with van der Waals surface area (Å²) in [5, 5.41) is 0. The van der Waals surface area contributed by atoms with Crippen LogP contribution >= 0.6 is 0 Å². The van der Waals surface area contributed by atoms with Gasteiger partial charge in [0.05, 0.1) is 0 Å². The summed E-state index contributed by atoms with van der Waals surface area (Å²) in [5.74, 6) is 0.444. The van der Waals surface area contributed by atoms with E-state index in [9.17, 15) is 9.59 Å². The average Bonchev–Trinajstić information content (AvgIpc) is 2.77. The van der Waals surface area contributed by atoms with Gasteiger partial charge in [-0.05, 0) is 44.6 Å². The molecule has 0 aromatic carbocycles. The van der Waals surface area contributed by atoms with Gasteiger partial charge < -0.3 is 22.6 Å². The van der Waals surface area contributed by atoms with E-state index in [0.29, 0.717) is 25.9 Å². The van der Waals surface area contributed by atoms with Crippen LogP contribution in [0.1, 0.15) is 46.5 Å². The fourth-order valence-corrected chi connectivity index (χ4v) is 6.33. The molecule has 0 amide bonds. The Balaban J connectivity index is 4.45. The van der Waals surface area contributed by atoms with Gasteiger partial charge in [0.15, 0.2) is 0 Å². The molecule has 0 N–H and O–H groups in total. The number of carbonyl (C=O) groups is 2. The normalized spacial score (nSPS) is 14.6. The summed E-state index contributed by atoms with van der Waals surface area (Å²) in [6.07, 6.45) is 2.67. The molecule has 0 rings (SSSR count). The average molecular weight is 478 g/mol. The van der Waals surface area contributed by atoms with E-state index in [2.05, 4.69) is 11.8 Å². The first-order chi connectivity index (χ1) is 14.5. The Bertz CT molecular complexity index is 482. The highest BCUT2D eigenvalue weighted by molar-refractivity contribution is 6.66. The number of carbonyl (C=O) groups excluding carboxylic acids is 2. The first-order valence-electron chi connectivity index (χ1n) is 11.5. The maximum atomic E-state index is 12.6. The molecule has 9 heteroatoms. The van der Waals surface area contributed by atoms with Crippen LogP contribution in [0.15, 0.2) is 0 Å². The van der Waals surface area contributed by atoms with Crippen molar-refractivity contribution < 1.29 is 27.3 Å².